The van der Waals surface area contributed by atoms with Crippen LogP contribution < -0.4 is 10.5 Å². The molecule has 0 aliphatic heterocycles. The molecule has 0 aromatic heterocycles. The molecule has 1 aromatic carbocycles. The van der Waals surface area contributed by atoms with Crippen molar-refractivity contribution in [3.8, 4) is 5.75 Å². The number of methoxy groups -OCH3 is 1. The highest BCUT2D eigenvalue weighted by Gasteiger charge is 2.38. The van der Waals surface area contributed by atoms with Crippen molar-refractivity contribution in [3.05, 3.63) is 22.7 Å². The third-order valence-corrected chi connectivity index (χ3v) is 3.97. The van der Waals surface area contributed by atoms with Crippen LogP contribution in [0, 0.1) is 0 Å². The molecule has 0 heterocycles. The van der Waals surface area contributed by atoms with Crippen LogP contribution >= 0.6 is 23.4 Å². The Morgan fingerprint density at radius 1 is 1.50 bits per heavy atom. The Balaban J connectivity index is 2.30. The SMILES string of the molecule is COc1c(Cl)cc(CC2(N)CC2)cc1SC. The summed E-state index contributed by atoms with van der Waals surface area (Å²) in [5, 5.41) is 0.675. The first-order chi connectivity index (χ1) is 7.58. The smallest absolute Gasteiger partial charge is 0.150 e. The maximum atomic E-state index is 6.18. The normalized spacial score (nSPS) is 17.2. The molecule has 2 nitrogen and oxygen atoms in total. The summed E-state index contributed by atoms with van der Waals surface area (Å²) in [6.07, 6.45) is 5.16. The summed E-state index contributed by atoms with van der Waals surface area (Å²) in [4.78, 5) is 1.08. The average Bonchev–Trinajstić information content (AvgIpc) is 2.95. The Morgan fingerprint density at radius 2 is 2.19 bits per heavy atom. The van der Waals surface area contributed by atoms with E-state index in [1.165, 1.54) is 5.56 Å². The van der Waals surface area contributed by atoms with Gasteiger partial charge in [-0.05, 0) is 43.2 Å². The summed E-state index contributed by atoms with van der Waals surface area (Å²) in [6.45, 7) is 0. The lowest BCUT2D eigenvalue weighted by molar-refractivity contribution is 0.405. The highest BCUT2D eigenvalue weighted by molar-refractivity contribution is 7.98. The molecule has 0 atom stereocenters. The second-order valence-corrected chi connectivity index (χ2v) is 5.61. The first kappa shape index (κ1) is 12.1. The number of rotatable bonds is 4. The van der Waals surface area contributed by atoms with Crippen molar-refractivity contribution in [2.75, 3.05) is 13.4 Å². The molecule has 2 N–H and O–H groups in total. The third kappa shape index (κ3) is 2.47. The first-order valence-corrected chi connectivity index (χ1v) is 6.87. The molecule has 0 bridgehead atoms. The van der Waals surface area contributed by atoms with E-state index < -0.39 is 0 Å². The second kappa shape index (κ2) is 4.47. The van der Waals surface area contributed by atoms with E-state index in [9.17, 15) is 0 Å². The van der Waals surface area contributed by atoms with Crippen LogP contribution in [0.2, 0.25) is 5.02 Å². The van der Waals surface area contributed by atoms with E-state index >= 15 is 0 Å². The second-order valence-electron chi connectivity index (χ2n) is 4.35. The number of thioether (sulfide) groups is 1. The lowest BCUT2D eigenvalue weighted by Gasteiger charge is -2.13. The van der Waals surface area contributed by atoms with E-state index in [0.29, 0.717) is 5.02 Å². The minimum Gasteiger partial charge on any atom is -0.494 e. The Morgan fingerprint density at radius 3 is 2.69 bits per heavy atom. The highest BCUT2D eigenvalue weighted by Crippen LogP contribution is 2.40. The zero-order valence-electron chi connectivity index (χ0n) is 9.55. The summed E-state index contributed by atoms with van der Waals surface area (Å²) in [5.74, 6) is 0.764. The van der Waals surface area contributed by atoms with Gasteiger partial charge < -0.3 is 10.5 Å². The van der Waals surface area contributed by atoms with Gasteiger partial charge in [0.1, 0.15) is 0 Å². The topological polar surface area (TPSA) is 35.2 Å². The fraction of sp³-hybridized carbons (Fsp3) is 0.500. The zero-order chi connectivity index (χ0) is 11.8. The van der Waals surface area contributed by atoms with Crippen molar-refractivity contribution in [1.29, 1.82) is 0 Å². The Bertz CT molecular complexity index is 404. The van der Waals surface area contributed by atoms with Crippen LogP contribution in [0.4, 0.5) is 0 Å². The Kier molecular flexibility index (Phi) is 3.38. The minimum atomic E-state index is 0.0214. The van der Waals surface area contributed by atoms with Gasteiger partial charge in [-0.3, -0.25) is 0 Å². The van der Waals surface area contributed by atoms with Gasteiger partial charge in [0, 0.05) is 5.54 Å². The van der Waals surface area contributed by atoms with Gasteiger partial charge in [-0.2, -0.15) is 0 Å². The highest BCUT2D eigenvalue weighted by atomic mass is 35.5. The Hall–Kier alpha value is -0.380. The van der Waals surface area contributed by atoms with Gasteiger partial charge in [-0.15, -0.1) is 11.8 Å². The zero-order valence-corrected chi connectivity index (χ0v) is 11.1. The van der Waals surface area contributed by atoms with Crippen molar-refractivity contribution >= 4 is 23.4 Å². The summed E-state index contributed by atoms with van der Waals surface area (Å²) < 4.78 is 5.28. The van der Waals surface area contributed by atoms with E-state index in [4.69, 9.17) is 22.1 Å². The predicted molar refractivity (Wildman–Crippen MR) is 69.6 cm³/mol. The molecule has 2 rings (SSSR count). The van der Waals surface area contributed by atoms with Crippen molar-refractivity contribution in [1.82, 2.24) is 0 Å². The number of nitrogens with two attached hydrogens (primary N) is 1. The van der Waals surface area contributed by atoms with E-state index in [-0.39, 0.29) is 5.54 Å². The summed E-state index contributed by atoms with van der Waals surface area (Å²) >= 11 is 7.83. The van der Waals surface area contributed by atoms with Gasteiger partial charge >= 0.3 is 0 Å². The molecule has 1 saturated carbocycles. The van der Waals surface area contributed by atoms with Crippen LogP contribution in [0.15, 0.2) is 17.0 Å². The van der Waals surface area contributed by atoms with Gasteiger partial charge in [-0.1, -0.05) is 11.6 Å². The Labute approximate surface area is 105 Å². The average molecular weight is 258 g/mol. The number of halogens is 1. The van der Waals surface area contributed by atoms with Crippen molar-refractivity contribution in [2.45, 2.75) is 29.7 Å². The number of hydrogen-bond acceptors (Lipinski definition) is 3. The molecular formula is C12H16ClNOS. The van der Waals surface area contributed by atoms with E-state index in [2.05, 4.69) is 6.07 Å². The maximum absolute atomic E-state index is 6.18. The molecule has 0 amide bonds. The van der Waals surface area contributed by atoms with Crippen molar-refractivity contribution in [3.63, 3.8) is 0 Å². The maximum Gasteiger partial charge on any atom is 0.150 e. The van der Waals surface area contributed by atoms with Gasteiger partial charge in [0.2, 0.25) is 0 Å². The lowest BCUT2D eigenvalue weighted by atomic mass is 10.1. The van der Waals surface area contributed by atoms with Gasteiger partial charge in [0.15, 0.2) is 5.75 Å². The van der Waals surface area contributed by atoms with Crippen LogP contribution in [-0.2, 0) is 6.42 Å². The molecule has 0 radical (unpaired) electrons. The van der Waals surface area contributed by atoms with Crippen LogP contribution in [0.3, 0.4) is 0 Å². The molecule has 88 valence electrons. The summed E-state index contributed by atoms with van der Waals surface area (Å²) in [5.41, 5.74) is 7.33. The van der Waals surface area contributed by atoms with Crippen LogP contribution in [-0.4, -0.2) is 18.9 Å². The van der Waals surface area contributed by atoms with Gasteiger partial charge in [-0.25, -0.2) is 0 Å². The van der Waals surface area contributed by atoms with Crippen LogP contribution in [0.1, 0.15) is 18.4 Å². The molecule has 0 saturated heterocycles. The van der Waals surface area contributed by atoms with Crippen LogP contribution in [0.25, 0.3) is 0 Å². The van der Waals surface area contributed by atoms with Crippen molar-refractivity contribution in [2.24, 2.45) is 5.73 Å². The van der Waals surface area contributed by atoms with Crippen molar-refractivity contribution < 1.29 is 4.74 Å². The first-order valence-electron chi connectivity index (χ1n) is 5.27. The standard InChI is InChI=1S/C12H16ClNOS/c1-15-11-9(13)5-8(6-10(11)16-2)7-12(14)3-4-12/h5-6H,3-4,7,14H2,1-2H3. The minimum absolute atomic E-state index is 0.0214. The van der Waals surface area contributed by atoms with E-state index in [0.717, 1.165) is 29.9 Å². The summed E-state index contributed by atoms with van der Waals surface area (Å²) in [7, 11) is 1.64. The van der Waals surface area contributed by atoms with Gasteiger partial charge in [0.05, 0.1) is 17.0 Å². The quantitative estimate of drug-likeness (QED) is 0.842. The van der Waals surface area contributed by atoms with Crippen LogP contribution in [0.5, 0.6) is 5.75 Å². The number of ether oxygens (including phenoxy) is 1. The molecule has 1 aliphatic rings. The molecule has 16 heavy (non-hydrogen) atoms. The van der Waals surface area contributed by atoms with Gasteiger partial charge in [0.25, 0.3) is 0 Å². The third-order valence-electron chi connectivity index (χ3n) is 2.94. The molecule has 0 spiro atoms. The molecule has 4 heteroatoms. The molecule has 1 aromatic rings. The number of hydrogen-bond donors (Lipinski definition) is 1. The van der Waals surface area contributed by atoms with E-state index in [1.54, 1.807) is 18.9 Å². The molecule has 1 aliphatic carbocycles. The molecule has 0 unspecified atom stereocenters. The largest absolute Gasteiger partial charge is 0.494 e. The monoisotopic (exact) mass is 257 g/mol. The predicted octanol–water partition coefficient (Wildman–Crippen LogP) is 3.10. The lowest BCUT2D eigenvalue weighted by Crippen LogP contribution is -2.24. The van der Waals surface area contributed by atoms with E-state index in [1.807, 2.05) is 12.3 Å². The fourth-order valence-electron chi connectivity index (χ4n) is 1.82. The fourth-order valence-corrected chi connectivity index (χ4v) is 2.84. The molecule has 1 fully saturated rings. The molecular weight excluding hydrogens is 242 g/mol. The number of benzene rings is 1. The summed E-state index contributed by atoms with van der Waals surface area (Å²) in [6, 6.07) is 4.09.